The molecule has 1 heterocycles. The largest absolute Gasteiger partial charge is 0.395 e. The Hall–Kier alpha value is -2.74. The highest BCUT2D eigenvalue weighted by Crippen LogP contribution is 2.41. The molecule has 4 rings (SSSR count). The second kappa shape index (κ2) is 8.32. The summed E-state index contributed by atoms with van der Waals surface area (Å²) in [6, 6.07) is 11.7. The maximum absolute atomic E-state index is 13.4. The highest BCUT2D eigenvalue weighted by atomic mass is 16.3. The number of hydrogen-bond acceptors (Lipinski definition) is 6. The Morgan fingerprint density at radius 2 is 1.86 bits per heavy atom. The lowest BCUT2D eigenvalue weighted by Crippen LogP contribution is -2.23. The number of rotatable bonds is 9. The molecule has 7 heteroatoms. The summed E-state index contributed by atoms with van der Waals surface area (Å²) >= 11 is 0. The first-order valence-corrected chi connectivity index (χ1v) is 9.99. The van der Waals surface area contributed by atoms with E-state index in [0.717, 1.165) is 40.9 Å². The van der Waals surface area contributed by atoms with Crippen molar-refractivity contribution in [1.29, 1.82) is 0 Å². The topological polar surface area (TPSA) is 82.4 Å². The van der Waals surface area contributed by atoms with Crippen molar-refractivity contribution >= 4 is 22.4 Å². The van der Waals surface area contributed by atoms with Crippen LogP contribution in [-0.4, -0.2) is 72.5 Å². The number of fused-ring (bicyclic) bond motifs is 2. The molecular weight excluding hydrogens is 366 g/mol. The lowest BCUT2D eigenvalue weighted by atomic mass is 9.86. The number of nitrogens with one attached hydrogen (secondary N) is 2. The summed E-state index contributed by atoms with van der Waals surface area (Å²) in [7, 11) is 4.06. The molecule has 0 atom stereocenters. The van der Waals surface area contributed by atoms with Crippen molar-refractivity contribution in [3.05, 3.63) is 47.5 Å². The van der Waals surface area contributed by atoms with Crippen molar-refractivity contribution in [3.63, 3.8) is 0 Å². The minimum atomic E-state index is 0.0454. The van der Waals surface area contributed by atoms with Crippen LogP contribution in [0.3, 0.4) is 0 Å². The maximum atomic E-state index is 13.4. The standard InChI is InChI=1S/C22H27N5O2/c1-26(2)12-10-24-17-7-8-18-20-19(17)22(29)16-6-4-3-5-15(16)21(20)25-27(18)13-9-23-11-14-28/h3-8,23-24,28H,9-14H2,1-2H3. The van der Waals surface area contributed by atoms with E-state index in [9.17, 15) is 4.79 Å². The van der Waals surface area contributed by atoms with Gasteiger partial charge in [0.15, 0.2) is 5.78 Å². The number of carbonyl (C=O) groups excluding carboxylic acids is 1. The molecule has 1 aliphatic rings. The number of aliphatic hydroxyl groups is 1. The fraction of sp³-hybridized carbons (Fsp3) is 0.364. The molecule has 0 spiro atoms. The molecule has 152 valence electrons. The van der Waals surface area contributed by atoms with Crippen LogP contribution in [0, 0.1) is 0 Å². The summed E-state index contributed by atoms with van der Waals surface area (Å²) in [6.45, 7) is 3.67. The Morgan fingerprint density at radius 3 is 2.62 bits per heavy atom. The molecule has 0 radical (unpaired) electrons. The van der Waals surface area contributed by atoms with E-state index in [2.05, 4.69) is 15.5 Å². The molecule has 0 saturated heterocycles. The Bertz CT molecular complexity index is 1040. The van der Waals surface area contributed by atoms with Crippen molar-refractivity contribution in [3.8, 4) is 11.3 Å². The lowest BCUT2D eigenvalue weighted by molar-refractivity contribution is 0.104. The first-order valence-electron chi connectivity index (χ1n) is 9.99. The van der Waals surface area contributed by atoms with Crippen molar-refractivity contribution in [2.45, 2.75) is 6.54 Å². The van der Waals surface area contributed by atoms with Gasteiger partial charge in [-0.1, -0.05) is 24.3 Å². The normalized spacial score (nSPS) is 12.6. The first-order chi connectivity index (χ1) is 14.1. The number of carbonyl (C=O) groups is 1. The third-order valence-electron chi connectivity index (χ3n) is 5.24. The average molecular weight is 393 g/mol. The number of aliphatic hydroxyl groups excluding tert-OH is 1. The third-order valence-corrected chi connectivity index (χ3v) is 5.24. The monoisotopic (exact) mass is 393 g/mol. The van der Waals surface area contributed by atoms with Crippen molar-refractivity contribution < 1.29 is 9.90 Å². The molecule has 0 saturated carbocycles. The molecule has 3 aromatic rings. The fourth-order valence-corrected chi connectivity index (χ4v) is 3.84. The molecule has 0 amide bonds. The number of benzene rings is 2. The predicted molar refractivity (Wildman–Crippen MR) is 116 cm³/mol. The number of ketones is 1. The van der Waals surface area contributed by atoms with E-state index in [1.54, 1.807) is 0 Å². The quantitative estimate of drug-likeness (QED) is 0.376. The summed E-state index contributed by atoms with van der Waals surface area (Å²) in [5.41, 5.74) is 4.99. The van der Waals surface area contributed by atoms with Gasteiger partial charge in [-0.15, -0.1) is 0 Å². The van der Waals surface area contributed by atoms with Gasteiger partial charge in [0.2, 0.25) is 0 Å². The number of hydrogen-bond donors (Lipinski definition) is 3. The van der Waals surface area contributed by atoms with E-state index in [1.165, 1.54) is 0 Å². The Labute approximate surface area is 170 Å². The van der Waals surface area contributed by atoms with Crippen LogP contribution < -0.4 is 10.6 Å². The highest BCUT2D eigenvalue weighted by molar-refractivity contribution is 6.27. The van der Waals surface area contributed by atoms with Crippen LogP contribution in [0.5, 0.6) is 0 Å². The summed E-state index contributed by atoms with van der Waals surface area (Å²) in [5.74, 6) is 0.0454. The molecule has 0 bridgehead atoms. The molecule has 0 aliphatic heterocycles. The lowest BCUT2D eigenvalue weighted by Gasteiger charge is -2.19. The average Bonchev–Trinajstić information content (AvgIpc) is 3.09. The minimum absolute atomic E-state index is 0.0454. The second-order valence-corrected chi connectivity index (χ2v) is 7.53. The SMILES string of the molecule is CN(C)CCNc1ccc2c3c(nn2CCNCCO)-c2ccccc2C(=O)c13. The van der Waals surface area contributed by atoms with Gasteiger partial charge in [-0.3, -0.25) is 9.48 Å². The van der Waals surface area contributed by atoms with Crippen LogP contribution in [0.4, 0.5) is 5.69 Å². The van der Waals surface area contributed by atoms with Crippen LogP contribution in [-0.2, 0) is 6.54 Å². The molecule has 29 heavy (non-hydrogen) atoms. The van der Waals surface area contributed by atoms with Crippen LogP contribution >= 0.6 is 0 Å². The van der Waals surface area contributed by atoms with Gasteiger partial charge in [-0.2, -0.15) is 5.10 Å². The van der Waals surface area contributed by atoms with Crippen LogP contribution in [0.25, 0.3) is 22.2 Å². The Kier molecular flexibility index (Phi) is 5.62. The minimum Gasteiger partial charge on any atom is -0.395 e. The maximum Gasteiger partial charge on any atom is 0.196 e. The van der Waals surface area contributed by atoms with Crippen molar-refractivity contribution in [2.24, 2.45) is 0 Å². The molecule has 1 aromatic heterocycles. The number of nitrogens with zero attached hydrogens (tertiary/aromatic N) is 3. The van der Waals surface area contributed by atoms with Crippen molar-refractivity contribution in [2.75, 3.05) is 52.2 Å². The summed E-state index contributed by atoms with van der Waals surface area (Å²) in [4.78, 5) is 15.5. The van der Waals surface area contributed by atoms with Gasteiger partial charge in [-0.25, -0.2) is 0 Å². The van der Waals surface area contributed by atoms with Gasteiger partial charge in [0.05, 0.1) is 24.2 Å². The van der Waals surface area contributed by atoms with E-state index in [-0.39, 0.29) is 12.4 Å². The highest BCUT2D eigenvalue weighted by Gasteiger charge is 2.30. The number of anilines is 1. The fourth-order valence-electron chi connectivity index (χ4n) is 3.84. The van der Waals surface area contributed by atoms with E-state index in [1.807, 2.05) is 55.2 Å². The molecule has 7 nitrogen and oxygen atoms in total. The molecule has 0 unspecified atom stereocenters. The van der Waals surface area contributed by atoms with Gasteiger partial charge in [0.25, 0.3) is 0 Å². The zero-order chi connectivity index (χ0) is 20.4. The summed E-state index contributed by atoms with van der Waals surface area (Å²) in [5, 5.41) is 21.4. The first kappa shape index (κ1) is 19.6. The third kappa shape index (κ3) is 3.64. The summed E-state index contributed by atoms with van der Waals surface area (Å²) < 4.78 is 1.96. The van der Waals surface area contributed by atoms with E-state index in [0.29, 0.717) is 30.8 Å². The Morgan fingerprint density at radius 1 is 1.07 bits per heavy atom. The van der Waals surface area contributed by atoms with Crippen LogP contribution in [0.2, 0.25) is 0 Å². The molecule has 1 aliphatic carbocycles. The van der Waals surface area contributed by atoms with Crippen LogP contribution in [0.1, 0.15) is 15.9 Å². The Balaban J connectivity index is 1.79. The van der Waals surface area contributed by atoms with Gasteiger partial charge >= 0.3 is 0 Å². The zero-order valence-electron chi connectivity index (χ0n) is 16.9. The summed E-state index contributed by atoms with van der Waals surface area (Å²) in [6.07, 6.45) is 0. The predicted octanol–water partition coefficient (Wildman–Crippen LogP) is 1.80. The van der Waals surface area contributed by atoms with Crippen molar-refractivity contribution in [1.82, 2.24) is 20.0 Å². The zero-order valence-corrected chi connectivity index (χ0v) is 16.9. The van der Waals surface area contributed by atoms with Gasteiger partial charge in [0, 0.05) is 48.4 Å². The van der Waals surface area contributed by atoms with Crippen LogP contribution in [0.15, 0.2) is 36.4 Å². The van der Waals surface area contributed by atoms with Gasteiger partial charge in [-0.05, 0) is 26.2 Å². The van der Waals surface area contributed by atoms with E-state index in [4.69, 9.17) is 10.2 Å². The van der Waals surface area contributed by atoms with E-state index < -0.39 is 0 Å². The molecule has 0 fully saturated rings. The second-order valence-electron chi connectivity index (χ2n) is 7.53. The molecule has 2 aromatic carbocycles. The smallest absolute Gasteiger partial charge is 0.196 e. The molecule has 3 N–H and O–H groups in total. The van der Waals surface area contributed by atoms with Gasteiger partial charge in [0.1, 0.15) is 5.69 Å². The van der Waals surface area contributed by atoms with Gasteiger partial charge < -0.3 is 20.6 Å². The molecular formula is C22H27N5O2. The number of aromatic nitrogens is 2. The number of likely N-dealkylation sites (N-methyl/N-ethyl adjacent to an activating group) is 1. The van der Waals surface area contributed by atoms with E-state index >= 15 is 0 Å².